The summed E-state index contributed by atoms with van der Waals surface area (Å²) in [5.41, 5.74) is 2.30. The van der Waals surface area contributed by atoms with Crippen LogP contribution < -0.4 is 10.9 Å². The third kappa shape index (κ3) is 3.72. The molecule has 0 unspecified atom stereocenters. The number of thiazole rings is 1. The van der Waals surface area contributed by atoms with Crippen LogP contribution in [0.4, 0.5) is 5.13 Å². The summed E-state index contributed by atoms with van der Waals surface area (Å²) >= 11 is 1.30. The summed E-state index contributed by atoms with van der Waals surface area (Å²) in [6.45, 7) is 3.73. The minimum Gasteiger partial charge on any atom is -0.422 e. The van der Waals surface area contributed by atoms with Crippen LogP contribution in [0.25, 0.3) is 33.0 Å². The lowest BCUT2D eigenvalue weighted by atomic mass is 10.1. The number of nitrogens with one attached hydrogen (secondary N) is 1. The third-order valence-electron chi connectivity index (χ3n) is 5.22. The summed E-state index contributed by atoms with van der Waals surface area (Å²) in [7, 11) is 0. The first-order valence-electron chi connectivity index (χ1n) is 10.0. The molecule has 32 heavy (non-hydrogen) atoms. The molecule has 156 valence electrons. The van der Waals surface area contributed by atoms with E-state index in [-0.39, 0.29) is 5.56 Å². The van der Waals surface area contributed by atoms with Gasteiger partial charge in [0.1, 0.15) is 11.1 Å². The zero-order chi connectivity index (χ0) is 22.1. The van der Waals surface area contributed by atoms with Crippen LogP contribution in [0.5, 0.6) is 0 Å². The Labute approximate surface area is 187 Å². The van der Waals surface area contributed by atoms with Crippen molar-refractivity contribution in [3.05, 3.63) is 106 Å². The quantitative estimate of drug-likeness (QED) is 0.268. The van der Waals surface area contributed by atoms with Crippen LogP contribution in [0, 0.1) is 0 Å². The van der Waals surface area contributed by atoms with Gasteiger partial charge in [0, 0.05) is 16.3 Å². The van der Waals surface area contributed by atoms with E-state index in [0.717, 1.165) is 27.6 Å². The molecule has 6 heteroatoms. The van der Waals surface area contributed by atoms with Crippen molar-refractivity contribution in [3.63, 3.8) is 0 Å². The number of anilines is 1. The normalized spacial score (nSPS) is 11.0. The number of aromatic nitrogens is 1. The van der Waals surface area contributed by atoms with Crippen molar-refractivity contribution in [2.75, 3.05) is 5.32 Å². The fourth-order valence-corrected chi connectivity index (χ4v) is 4.37. The van der Waals surface area contributed by atoms with Crippen molar-refractivity contribution in [3.8, 4) is 11.3 Å². The average Bonchev–Trinajstić information content (AvgIpc) is 3.27. The van der Waals surface area contributed by atoms with Crippen molar-refractivity contribution in [2.45, 2.75) is 6.42 Å². The van der Waals surface area contributed by atoms with E-state index >= 15 is 0 Å². The number of benzene rings is 3. The number of hydrogen-bond donors (Lipinski definition) is 1. The molecule has 3 aromatic carbocycles. The Morgan fingerprint density at radius 3 is 2.69 bits per heavy atom. The summed E-state index contributed by atoms with van der Waals surface area (Å²) < 4.78 is 5.47. The molecular formula is C26H18N2O3S. The average molecular weight is 439 g/mol. The number of amides is 1. The number of fused-ring (bicyclic) bond motifs is 2. The van der Waals surface area contributed by atoms with Gasteiger partial charge in [-0.25, -0.2) is 9.78 Å². The number of para-hydroxylation sites is 1. The molecule has 1 N–H and O–H groups in total. The van der Waals surface area contributed by atoms with E-state index < -0.39 is 11.5 Å². The van der Waals surface area contributed by atoms with Crippen molar-refractivity contribution in [1.29, 1.82) is 0 Å². The second-order valence-corrected chi connectivity index (χ2v) is 8.19. The SMILES string of the molecule is C=CCc1cccc2cc(C(=O)Nc3nc(-c4ccc5ccccc5c4)cs3)c(=O)oc12. The number of rotatable bonds is 5. The van der Waals surface area contributed by atoms with Crippen LogP contribution in [-0.4, -0.2) is 10.9 Å². The van der Waals surface area contributed by atoms with Gasteiger partial charge < -0.3 is 4.42 Å². The Morgan fingerprint density at radius 2 is 1.84 bits per heavy atom. The Hall–Kier alpha value is -4.03. The molecule has 0 spiro atoms. The van der Waals surface area contributed by atoms with Crippen LogP contribution in [0.1, 0.15) is 15.9 Å². The predicted molar refractivity (Wildman–Crippen MR) is 129 cm³/mol. The zero-order valence-corrected chi connectivity index (χ0v) is 17.8. The summed E-state index contributed by atoms with van der Waals surface area (Å²) in [5.74, 6) is -0.547. The molecule has 0 aliphatic rings. The van der Waals surface area contributed by atoms with E-state index in [2.05, 4.69) is 29.0 Å². The monoisotopic (exact) mass is 438 g/mol. The molecule has 0 radical (unpaired) electrons. The van der Waals surface area contributed by atoms with Gasteiger partial charge in [-0.15, -0.1) is 17.9 Å². The van der Waals surface area contributed by atoms with E-state index in [1.807, 2.05) is 53.9 Å². The van der Waals surface area contributed by atoms with E-state index in [0.29, 0.717) is 22.5 Å². The number of carbonyl (C=O) groups excluding carboxylic acids is 1. The topological polar surface area (TPSA) is 72.2 Å². The molecule has 0 bridgehead atoms. The minimum absolute atomic E-state index is 0.0595. The summed E-state index contributed by atoms with van der Waals surface area (Å²) in [5, 5.41) is 7.97. The molecule has 0 aliphatic carbocycles. The van der Waals surface area contributed by atoms with Gasteiger partial charge in [0.2, 0.25) is 0 Å². The van der Waals surface area contributed by atoms with Gasteiger partial charge in [-0.2, -0.15) is 0 Å². The standard InChI is InChI=1S/C26H18N2O3S/c1-2-6-17-9-5-10-20-14-21(25(30)31-23(17)20)24(29)28-26-27-22(15-32-26)19-12-11-16-7-3-4-8-18(16)13-19/h2-5,7-15H,1,6H2,(H,27,28,29). The molecule has 5 aromatic rings. The lowest BCUT2D eigenvalue weighted by Crippen LogP contribution is -2.20. The number of carbonyl (C=O) groups is 1. The highest BCUT2D eigenvalue weighted by Crippen LogP contribution is 2.28. The molecule has 0 fully saturated rings. The molecule has 0 atom stereocenters. The first-order valence-corrected chi connectivity index (χ1v) is 10.9. The summed E-state index contributed by atoms with van der Waals surface area (Å²) in [6.07, 6.45) is 2.31. The van der Waals surface area contributed by atoms with Crippen molar-refractivity contribution < 1.29 is 9.21 Å². The zero-order valence-electron chi connectivity index (χ0n) is 17.0. The summed E-state index contributed by atoms with van der Waals surface area (Å²) in [6, 6.07) is 21.3. The number of allylic oxidation sites excluding steroid dienone is 1. The third-order valence-corrected chi connectivity index (χ3v) is 5.98. The molecule has 0 saturated heterocycles. The molecule has 2 aromatic heterocycles. The molecular weight excluding hydrogens is 420 g/mol. The molecule has 1 amide bonds. The van der Waals surface area contributed by atoms with Crippen LogP contribution >= 0.6 is 11.3 Å². The van der Waals surface area contributed by atoms with Crippen LogP contribution in [0.15, 0.2) is 94.0 Å². The Balaban J connectivity index is 1.42. The highest BCUT2D eigenvalue weighted by Gasteiger charge is 2.17. The molecule has 0 saturated carbocycles. The van der Waals surface area contributed by atoms with Gasteiger partial charge in [-0.05, 0) is 34.9 Å². The van der Waals surface area contributed by atoms with E-state index in [1.165, 1.54) is 11.3 Å². The Morgan fingerprint density at radius 1 is 1.03 bits per heavy atom. The molecule has 0 aliphatic heterocycles. The van der Waals surface area contributed by atoms with Crippen molar-refractivity contribution in [2.24, 2.45) is 0 Å². The highest BCUT2D eigenvalue weighted by atomic mass is 32.1. The maximum Gasteiger partial charge on any atom is 0.349 e. The minimum atomic E-state index is -0.683. The van der Waals surface area contributed by atoms with Crippen LogP contribution in [0.2, 0.25) is 0 Å². The maximum absolute atomic E-state index is 12.8. The largest absolute Gasteiger partial charge is 0.422 e. The lowest BCUT2D eigenvalue weighted by Gasteiger charge is -2.05. The van der Waals surface area contributed by atoms with Gasteiger partial charge >= 0.3 is 5.63 Å². The predicted octanol–water partition coefficient (Wildman–Crippen LogP) is 6.05. The van der Waals surface area contributed by atoms with Crippen molar-refractivity contribution in [1.82, 2.24) is 4.98 Å². The van der Waals surface area contributed by atoms with E-state index in [4.69, 9.17) is 4.42 Å². The number of nitrogens with zero attached hydrogens (tertiary/aromatic N) is 1. The molecule has 5 rings (SSSR count). The second-order valence-electron chi connectivity index (χ2n) is 7.33. The van der Waals surface area contributed by atoms with Crippen LogP contribution in [0.3, 0.4) is 0 Å². The fraction of sp³-hybridized carbons (Fsp3) is 0.0385. The first kappa shape index (κ1) is 19.9. The summed E-state index contributed by atoms with van der Waals surface area (Å²) in [4.78, 5) is 29.8. The second kappa shape index (κ2) is 8.24. The van der Waals surface area contributed by atoms with Gasteiger partial charge in [0.05, 0.1) is 5.69 Å². The molecule has 5 nitrogen and oxygen atoms in total. The van der Waals surface area contributed by atoms with E-state index in [1.54, 1.807) is 12.1 Å². The Bertz CT molecular complexity index is 1550. The maximum atomic E-state index is 12.8. The Kier molecular flexibility index (Phi) is 5.13. The van der Waals surface area contributed by atoms with Crippen molar-refractivity contribution >= 4 is 44.1 Å². The van der Waals surface area contributed by atoms with Crippen LogP contribution in [-0.2, 0) is 6.42 Å². The highest BCUT2D eigenvalue weighted by molar-refractivity contribution is 7.14. The van der Waals surface area contributed by atoms with Gasteiger partial charge in [-0.1, -0.05) is 60.7 Å². The lowest BCUT2D eigenvalue weighted by molar-refractivity contribution is 0.102. The smallest absolute Gasteiger partial charge is 0.349 e. The van der Waals surface area contributed by atoms with Gasteiger partial charge in [0.25, 0.3) is 5.91 Å². The molecule has 2 heterocycles. The number of hydrogen-bond acceptors (Lipinski definition) is 5. The first-order chi connectivity index (χ1) is 15.6. The van der Waals surface area contributed by atoms with Gasteiger partial charge in [0.15, 0.2) is 5.13 Å². The van der Waals surface area contributed by atoms with E-state index in [9.17, 15) is 9.59 Å². The van der Waals surface area contributed by atoms with Gasteiger partial charge in [-0.3, -0.25) is 10.1 Å². The fourth-order valence-electron chi connectivity index (χ4n) is 3.66.